The normalized spacial score (nSPS) is 12.6. The van der Waals surface area contributed by atoms with Crippen LogP contribution in [0.15, 0.2) is 24.5 Å². The van der Waals surface area contributed by atoms with E-state index >= 15 is 0 Å². The highest BCUT2D eigenvalue weighted by Crippen LogP contribution is 2.50. The van der Waals surface area contributed by atoms with Crippen molar-refractivity contribution in [1.82, 2.24) is 10.3 Å². The first kappa shape index (κ1) is 16.3. The molecule has 1 unspecified atom stereocenters. The number of nitrogens with zero attached hydrogens (tertiary/aromatic N) is 1. The minimum Gasteiger partial charge on any atom is -0.467 e. The van der Waals surface area contributed by atoms with Gasteiger partial charge in [0.1, 0.15) is 0 Å². The monoisotopic (exact) mass is 302 g/mol. The molecule has 20 heavy (non-hydrogen) atoms. The van der Waals surface area contributed by atoms with E-state index in [1.54, 1.807) is 0 Å². The molecule has 1 N–H and O–H groups in total. The van der Waals surface area contributed by atoms with Gasteiger partial charge in [-0.15, -0.1) is 0 Å². The van der Waals surface area contributed by atoms with Crippen molar-refractivity contribution < 1.29 is 27.9 Å². The van der Waals surface area contributed by atoms with Crippen molar-refractivity contribution in [2.24, 2.45) is 0 Å². The lowest BCUT2D eigenvalue weighted by atomic mass is 10.2. The Labute approximate surface area is 116 Å². The molecule has 1 atom stereocenters. The molecule has 0 bridgehead atoms. The van der Waals surface area contributed by atoms with E-state index in [4.69, 9.17) is 9.05 Å². The number of hydrogen-bond acceptors (Lipinski definition) is 7. The Hall–Kier alpha value is -1.76. The van der Waals surface area contributed by atoms with Crippen LogP contribution in [0.25, 0.3) is 0 Å². The van der Waals surface area contributed by atoms with Gasteiger partial charge < -0.3 is 19.1 Å². The summed E-state index contributed by atoms with van der Waals surface area (Å²) in [5, 5.41) is 2.27. The van der Waals surface area contributed by atoms with Crippen molar-refractivity contribution in [3.8, 4) is 0 Å². The third-order valence-electron chi connectivity index (χ3n) is 2.46. The number of nitrogens with one attached hydrogen (secondary N) is 1. The molecule has 0 aliphatic rings. The van der Waals surface area contributed by atoms with Crippen molar-refractivity contribution in [1.29, 1.82) is 0 Å². The number of carbonyl (C=O) groups is 2. The molecular formula is C11H15N2O6P. The summed E-state index contributed by atoms with van der Waals surface area (Å²) in [6.07, 6.45) is 2.82. The van der Waals surface area contributed by atoms with Crippen LogP contribution >= 0.6 is 7.60 Å². The zero-order valence-electron chi connectivity index (χ0n) is 11.2. The second kappa shape index (κ2) is 7.14. The summed E-state index contributed by atoms with van der Waals surface area (Å²) in [5.74, 6) is -3.11. The molecule has 9 heteroatoms. The summed E-state index contributed by atoms with van der Waals surface area (Å²) in [7, 11) is -0.540. The number of esters is 1. The van der Waals surface area contributed by atoms with E-state index in [1.165, 1.54) is 24.5 Å². The molecule has 1 amide bonds. The largest absolute Gasteiger partial charge is 0.467 e. The molecule has 110 valence electrons. The topological polar surface area (TPSA) is 104 Å². The average molecular weight is 302 g/mol. The summed E-state index contributed by atoms with van der Waals surface area (Å²) < 4.78 is 26.2. The predicted octanol–water partition coefficient (Wildman–Crippen LogP) is 0.796. The highest BCUT2D eigenvalue weighted by atomic mass is 31.2. The van der Waals surface area contributed by atoms with Crippen molar-refractivity contribution in [3.63, 3.8) is 0 Å². The van der Waals surface area contributed by atoms with Crippen LogP contribution in [-0.2, 0) is 23.1 Å². The van der Waals surface area contributed by atoms with Crippen LogP contribution in [0.2, 0.25) is 0 Å². The van der Waals surface area contributed by atoms with Gasteiger partial charge in [0.15, 0.2) is 0 Å². The van der Waals surface area contributed by atoms with E-state index in [9.17, 15) is 14.2 Å². The molecule has 0 aromatic carbocycles. The van der Waals surface area contributed by atoms with Crippen LogP contribution in [-0.4, -0.2) is 44.0 Å². The number of amides is 1. The van der Waals surface area contributed by atoms with Crippen molar-refractivity contribution in [3.05, 3.63) is 30.1 Å². The Kier molecular flexibility index (Phi) is 5.82. The van der Waals surface area contributed by atoms with Crippen molar-refractivity contribution >= 4 is 19.5 Å². The zero-order chi connectivity index (χ0) is 15.2. The Morgan fingerprint density at radius 3 is 2.20 bits per heavy atom. The molecule has 1 rings (SSSR count). The van der Waals surface area contributed by atoms with E-state index < -0.39 is 25.3 Å². The minimum atomic E-state index is -3.86. The fourth-order valence-electron chi connectivity index (χ4n) is 1.37. The van der Waals surface area contributed by atoms with Gasteiger partial charge in [0.2, 0.25) is 5.78 Å². The molecule has 0 radical (unpaired) electrons. The van der Waals surface area contributed by atoms with Crippen LogP contribution < -0.4 is 5.32 Å². The molecule has 8 nitrogen and oxygen atoms in total. The lowest BCUT2D eigenvalue weighted by Gasteiger charge is -2.22. The Morgan fingerprint density at radius 1 is 1.20 bits per heavy atom. The molecule has 1 aromatic heterocycles. The number of aromatic nitrogens is 1. The highest BCUT2D eigenvalue weighted by molar-refractivity contribution is 7.55. The first-order valence-corrected chi connectivity index (χ1v) is 7.09. The maximum absolute atomic E-state index is 12.2. The molecule has 0 saturated carbocycles. The molecule has 0 aliphatic carbocycles. The summed E-state index contributed by atoms with van der Waals surface area (Å²) in [4.78, 5) is 27.4. The number of methoxy groups -OCH3 is 1. The Morgan fingerprint density at radius 2 is 1.75 bits per heavy atom. The Balaban J connectivity index is 3.00. The lowest BCUT2D eigenvalue weighted by molar-refractivity contribution is -0.141. The van der Waals surface area contributed by atoms with Crippen LogP contribution in [0.4, 0.5) is 0 Å². The van der Waals surface area contributed by atoms with Gasteiger partial charge in [-0.1, -0.05) is 0 Å². The molecular weight excluding hydrogens is 287 g/mol. The van der Waals surface area contributed by atoms with E-state index in [0.29, 0.717) is 0 Å². The smallest absolute Gasteiger partial charge is 0.363 e. The molecule has 1 heterocycles. The van der Waals surface area contributed by atoms with Crippen LogP contribution in [0, 0.1) is 0 Å². The first-order chi connectivity index (χ1) is 9.48. The quantitative estimate of drug-likeness (QED) is 0.612. The van der Waals surface area contributed by atoms with Crippen molar-refractivity contribution in [2.75, 3.05) is 21.3 Å². The van der Waals surface area contributed by atoms with Crippen molar-refractivity contribution in [2.45, 2.75) is 5.78 Å². The van der Waals surface area contributed by atoms with Gasteiger partial charge in [-0.25, -0.2) is 4.79 Å². The molecule has 1 aromatic rings. The minimum absolute atomic E-state index is 0.243. The maximum atomic E-state index is 12.2. The van der Waals surface area contributed by atoms with Crippen LogP contribution in [0.3, 0.4) is 0 Å². The zero-order valence-corrected chi connectivity index (χ0v) is 12.1. The predicted molar refractivity (Wildman–Crippen MR) is 69.1 cm³/mol. The standard InChI is InChI=1S/C11H15N2O6P/c1-17-11(15)10(20(16,18-2)19-3)13-9(14)8-4-6-12-7-5-8/h4-7,10H,1-3H3,(H,13,14). The van der Waals surface area contributed by atoms with Gasteiger partial charge in [-0.2, -0.15) is 0 Å². The number of hydrogen-bond donors (Lipinski definition) is 1. The number of ether oxygens (including phenoxy) is 1. The van der Waals surface area contributed by atoms with Gasteiger partial charge in [0.05, 0.1) is 7.11 Å². The summed E-state index contributed by atoms with van der Waals surface area (Å²) in [6.45, 7) is 0. The van der Waals surface area contributed by atoms with E-state index in [0.717, 1.165) is 21.3 Å². The van der Waals surface area contributed by atoms with E-state index in [1.807, 2.05) is 0 Å². The summed E-state index contributed by atoms with van der Waals surface area (Å²) in [6, 6.07) is 2.88. The van der Waals surface area contributed by atoms with Crippen LogP contribution in [0.1, 0.15) is 10.4 Å². The fraction of sp³-hybridized carbons (Fsp3) is 0.364. The molecule has 0 saturated heterocycles. The first-order valence-electron chi connectivity index (χ1n) is 5.48. The van der Waals surface area contributed by atoms with Gasteiger partial charge in [-0.3, -0.25) is 14.3 Å². The second-order valence-corrected chi connectivity index (χ2v) is 5.87. The third kappa shape index (κ3) is 3.63. The van der Waals surface area contributed by atoms with E-state index in [2.05, 4.69) is 15.0 Å². The lowest BCUT2D eigenvalue weighted by Crippen LogP contribution is -2.42. The summed E-state index contributed by atoms with van der Waals surface area (Å²) in [5.41, 5.74) is 0.243. The number of carbonyl (C=O) groups excluding carboxylic acids is 2. The molecule has 0 aliphatic heterocycles. The third-order valence-corrected chi connectivity index (χ3v) is 4.45. The average Bonchev–Trinajstić information content (AvgIpc) is 2.51. The SMILES string of the molecule is COC(=O)C(NC(=O)c1ccncc1)P(=O)(OC)OC. The van der Waals surface area contributed by atoms with E-state index in [-0.39, 0.29) is 5.56 Å². The number of pyridine rings is 1. The fourth-order valence-corrected chi connectivity index (χ4v) is 2.58. The van der Waals surface area contributed by atoms with Gasteiger partial charge >= 0.3 is 13.6 Å². The van der Waals surface area contributed by atoms with Gasteiger partial charge in [-0.05, 0) is 12.1 Å². The van der Waals surface area contributed by atoms with Gasteiger partial charge in [0, 0.05) is 32.2 Å². The van der Waals surface area contributed by atoms with Gasteiger partial charge in [0.25, 0.3) is 5.91 Å². The second-order valence-electron chi connectivity index (χ2n) is 3.54. The highest BCUT2D eigenvalue weighted by Gasteiger charge is 2.42. The maximum Gasteiger partial charge on any atom is 0.363 e. The van der Waals surface area contributed by atoms with Crippen LogP contribution in [0.5, 0.6) is 0 Å². The summed E-state index contributed by atoms with van der Waals surface area (Å²) >= 11 is 0. The Bertz CT molecular complexity index is 513. The number of rotatable bonds is 6. The molecule has 0 spiro atoms. The molecule has 0 fully saturated rings.